The van der Waals surface area contributed by atoms with Crippen molar-refractivity contribution >= 4 is 11.8 Å². The third-order valence-electron chi connectivity index (χ3n) is 4.03. The molecule has 124 valence electrons. The first-order valence-electron chi connectivity index (χ1n) is 7.72. The fourth-order valence-electron chi connectivity index (χ4n) is 2.80. The summed E-state index contributed by atoms with van der Waals surface area (Å²) in [6.07, 6.45) is 0.753. The van der Waals surface area contributed by atoms with Crippen molar-refractivity contribution in [3.63, 3.8) is 0 Å². The van der Waals surface area contributed by atoms with Crippen LogP contribution in [-0.2, 0) is 16.1 Å². The molecule has 2 heterocycles. The zero-order chi connectivity index (χ0) is 16.2. The molecular weight excluding hydrogens is 300 g/mol. The molecule has 23 heavy (non-hydrogen) atoms. The number of likely N-dealkylation sites (tertiary alicyclic amines) is 1. The molecule has 7 heteroatoms. The van der Waals surface area contributed by atoms with Gasteiger partial charge in [-0.15, -0.1) is 0 Å². The third kappa shape index (κ3) is 3.56. The normalized spacial score (nSPS) is 19.3. The molecule has 0 saturated carbocycles. The number of nitrogens with zero attached hydrogens (tertiary/aromatic N) is 1. The molecular formula is C16H20N2O5. The molecule has 0 aliphatic carbocycles. The maximum atomic E-state index is 12.1. The molecule has 1 atom stereocenters. The number of nitrogens with one attached hydrogen (secondary N) is 1. The van der Waals surface area contributed by atoms with Gasteiger partial charge in [-0.2, -0.15) is 0 Å². The first-order valence-corrected chi connectivity index (χ1v) is 7.72. The summed E-state index contributed by atoms with van der Waals surface area (Å²) in [6, 6.07) is 5.59. The third-order valence-corrected chi connectivity index (χ3v) is 4.03. The molecule has 1 saturated heterocycles. The number of amides is 2. The summed E-state index contributed by atoms with van der Waals surface area (Å²) < 4.78 is 10.6. The van der Waals surface area contributed by atoms with E-state index in [4.69, 9.17) is 14.6 Å². The second-order valence-corrected chi connectivity index (χ2v) is 5.73. The van der Waals surface area contributed by atoms with E-state index in [1.54, 1.807) is 4.90 Å². The molecule has 2 amide bonds. The lowest BCUT2D eigenvalue weighted by molar-refractivity contribution is -0.129. The Bertz CT molecular complexity index is 604. The minimum absolute atomic E-state index is 0.0232. The quantitative estimate of drug-likeness (QED) is 0.734. The van der Waals surface area contributed by atoms with Crippen molar-refractivity contribution in [2.45, 2.75) is 19.4 Å². The Labute approximate surface area is 134 Å². The lowest BCUT2D eigenvalue weighted by atomic mass is 10.1. The van der Waals surface area contributed by atoms with E-state index in [9.17, 15) is 9.59 Å². The van der Waals surface area contributed by atoms with E-state index in [-0.39, 0.29) is 37.6 Å². The molecule has 2 N–H and O–H groups in total. The summed E-state index contributed by atoms with van der Waals surface area (Å²) in [6.45, 7) is 1.56. The predicted octanol–water partition coefficient (Wildman–Crippen LogP) is 0.262. The monoisotopic (exact) mass is 320 g/mol. The summed E-state index contributed by atoms with van der Waals surface area (Å²) in [7, 11) is 0. The molecule has 7 nitrogen and oxygen atoms in total. The van der Waals surface area contributed by atoms with Crippen molar-refractivity contribution in [1.29, 1.82) is 0 Å². The zero-order valence-electron chi connectivity index (χ0n) is 12.8. The van der Waals surface area contributed by atoms with Crippen LogP contribution in [0.15, 0.2) is 18.2 Å². The number of fused-ring (bicyclic) bond motifs is 1. The molecule has 0 bridgehead atoms. The van der Waals surface area contributed by atoms with E-state index in [0.717, 1.165) is 5.56 Å². The molecule has 2 aliphatic heterocycles. The number of hydrogen-bond donors (Lipinski definition) is 2. The second kappa shape index (κ2) is 6.87. The highest BCUT2D eigenvalue weighted by Crippen LogP contribution is 2.33. The van der Waals surface area contributed by atoms with Crippen LogP contribution in [-0.4, -0.2) is 48.3 Å². The highest BCUT2D eigenvalue weighted by Gasteiger charge is 2.34. The zero-order valence-corrected chi connectivity index (χ0v) is 12.8. The van der Waals surface area contributed by atoms with Gasteiger partial charge in [0.05, 0.1) is 5.92 Å². The van der Waals surface area contributed by atoms with E-state index in [2.05, 4.69) is 5.32 Å². The largest absolute Gasteiger partial charge is 0.454 e. The highest BCUT2D eigenvalue weighted by atomic mass is 16.7. The summed E-state index contributed by atoms with van der Waals surface area (Å²) in [5, 5.41) is 11.5. The van der Waals surface area contributed by atoms with Crippen molar-refractivity contribution in [3.05, 3.63) is 23.8 Å². The van der Waals surface area contributed by atoms with E-state index in [1.165, 1.54) is 0 Å². The molecule has 0 radical (unpaired) electrons. The van der Waals surface area contributed by atoms with E-state index in [0.29, 0.717) is 37.6 Å². The predicted molar refractivity (Wildman–Crippen MR) is 80.8 cm³/mol. The lowest BCUT2D eigenvalue weighted by Crippen LogP contribution is -2.33. The maximum absolute atomic E-state index is 12.1. The van der Waals surface area contributed by atoms with Gasteiger partial charge in [0.25, 0.3) is 0 Å². The number of carbonyl (C=O) groups is 2. The SMILES string of the molecule is O=C(NCCCO)C1CC(=O)N(Cc2ccc3c(c2)OCO3)C1. The van der Waals surface area contributed by atoms with Crippen LogP contribution in [0.4, 0.5) is 0 Å². The number of aliphatic hydroxyl groups is 1. The van der Waals surface area contributed by atoms with Crippen molar-refractivity contribution in [1.82, 2.24) is 10.2 Å². The number of benzene rings is 1. The van der Waals surface area contributed by atoms with Gasteiger partial charge in [0.15, 0.2) is 11.5 Å². The van der Waals surface area contributed by atoms with Crippen LogP contribution in [0.25, 0.3) is 0 Å². The van der Waals surface area contributed by atoms with Gasteiger partial charge >= 0.3 is 0 Å². The van der Waals surface area contributed by atoms with Crippen LogP contribution >= 0.6 is 0 Å². The highest BCUT2D eigenvalue weighted by molar-refractivity contribution is 5.89. The first-order chi connectivity index (χ1) is 11.2. The Hall–Kier alpha value is -2.28. The molecule has 2 aliphatic rings. The summed E-state index contributed by atoms with van der Waals surface area (Å²) >= 11 is 0. The van der Waals surface area contributed by atoms with Gasteiger partial charge in [0, 0.05) is 32.7 Å². The maximum Gasteiger partial charge on any atom is 0.231 e. The van der Waals surface area contributed by atoms with Gasteiger partial charge in [0.2, 0.25) is 18.6 Å². The molecule has 0 aromatic heterocycles. The van der Waals surface area contributed by atoms with Crippen molar-refractivity contribution in [2.24, 2.45) is 5.92 Å². The number of hydrogen-bond acceptors (Lipinski definition) is 5. The number of aliphatic hydroxyl groups excluding tert-OH is 1. The summed E-state index contributed by atoms with van der Waals surface area (Å²) in [5.74, 6) is 0.926. The topological polar surface area (TPSA) is 88.1 Å². The van der Waals surface area contributed by atoms with Crippen LogP contribution in [0.5, 0.6) is 11.5 Å². The molecule has 1 fully saturated rings. The minimum atomic E-state index is -0.324. The molecule has 3 rings (SSSR count). The van der Waals surface area contributed by atoms with Gasteiger partial charge in [-0.25, -0.2) is 0 Å². The van der Waals surface area contributed by atoms with E-state index in [1.807, 2.05) is 18.2 Å². The standard InChI is InChI=1S/C16H20N2O5/c19-5-1-4-17-16(21)12-7-15(20)18(9-12)8-11-2-3-13-14(6-11)23-10-22-13/h2-3,6,12,19H,1,4-5,7-10H2,(H,17,21). The minimum Gasteiger partial charge on any atom is -0.454 e. The van der Waals surface area contributed by atoms with Crippen molar-refractivity contribution in [2.75, 3.05) is 26.5 Å². The summed E-state index contributed by atoms with van der Waals surface area (Å²) in [5.41, 5.74) is 0.948. The Kier molecular flexibility index (Phi) is 4.66. The molecule has 1 aromatic carbocycles. The van der Waals surface area contributed by atoms with E-state index < -0.39 is 0 Å². The fraction of sp³-hybridized carbons (Fsp3) is 0.500. The van der Waals surface area contributed by atoms with Crippen LogP contribution < -0.4 is 14.8 Å². The number of rotatable bonds is 6. The van der Waals surface area contributed by atoms with Gasteiger partial charge in [-0.3, -0.25) is 9.59 Å². The lowest BCUT2D eigenvalue weighted by Gasteiger charge is -2.17. The van der Waals surface area contributed by atoms with Crippen molar-refractivity contribution < 1.29 is 24.2 Å². The Balaban J connectivity index is 1.57. The average molecular weight is 320 g/mol. The van der Waals surface area contributed by atoms with Gasteiger partial charge in [-0.1, -0.05) is 6.07 Å². The van der Waals surface area contributed by atoms with Crippen LogP contribution in [0.3, 0.4) is 0 Å². The van der Waals surface area contributed by atoms with Gasteiger partial charge < -0.3 is 24.8 Å². The molecule has 1 aromatic rings. The number of carbonyl (C=O) groups excluding carboxylic acids is 2. The van der Waals surface area contributed by atoms with Gasteiger partial charge in [0.1, 0.15) is 0 Å². The Morgan fingerprint density at radius 3 is 3.00 bits per heavy atom. The van der Waals surface area contributed by atoms with Crippen molar-refractivity contribution in [3.8, 4) is 11.5 Å². The summed E-state index contributed by atoms with van der Waals surface area (Å²) in [4.78, 5) is 25.8. The smallest absolute Gasteiger partial charge is 0.231 e. The average Bonchev–Trinajstić information content (AvgIpc) is 3.14. The second-order valence-electron chi connectivity index (χ2n) is 5.73. The first kappa shape index (κ1) is 15.6. The fourth-order valence-corrected chi connectivity index (χ4v) is 2.80. The number of ether oxygens (including phenoxy) is 2. The molecule has 1 unspecified atom stereocenters. The van der Waals surface area contributed by atoms with Gasteiger partial charge in [-0.05, 0) is 24.1 Å². The Morgan fingerprint density at radius 1 is 1.35 bits per heavy atom. The van der Waals surface area contributed by atoms with Crippen LogP contribution in [0.1, 0.15) is 18.4 Å². The Morgan fingerprint density at radius 2 is 2.17 bits per heavy atom. The van der Waals surface area contributed by atoms with E-state index >= 15 is 0 Å². The van der Waals surface area contributed by atoms with Crippen LogP contribution in [0.2, 0.25) is 0 Å². The van der Waals surface area contributed by atoms with Crippen LogP contribution in [0, 0.1) is 5.92 Å². The molecule has 0 spiro atoms.